The van der Waals surface area contributed by atoms with Crippen molar-refractivity contribution in [1.82, 2.24) is 0 Å². The van der Waals surface area contributed by atoms with E-state index in [9.17, 15) is 4.39 Å². The average Bonchev–Trinajstić information content (AvgIpc) is 2.84. The van der Waals surface area contributed by atoms with E-state index in [1.807, 2.05) is 31.2 Å². The monoisotopic (exact) mass is 538 g/mol. The summed E-state index contributed by atoms with van der Waals surface area (Å²) in [6, 6.07) is 13.7. The molecule has 0 radical (unpaired) electrons. The molecule has 0 atom stereocenters. The normalized spacial score (nSPS) is 13.6. The Kier molecular flexibility index (Phi) is 8.84. The van der Waals surface area contributed by atoms with Gasteiger partial charge in [0.25, 0.3) is 0 Å². The van der Waals surface area contributed by atoms with Gasteiger partial charge in [-0.05, 0) is 48.9 Å². The zero-order chi connectivity index (χ0) is 24.8. The van der Waals surface area contributed by atoms with Crippen molar-refractivity contribution in [2.75, 3.05) is 43.1 Å². The molecular weight excluding hydrogens is 514 g/mol. The third-order valence-electron chi connectivity index (χ3n) is 5.59. The van der Waals surface area contributed by atoms with Crippen molar-refractivity contribution in [2.45, 2.75) is 20.1 Å². The van der Waals surface area contributed by atoms with E-state index < -0.39 is 5.82 Å². The van der Waals surface area contributed by atoms with Gasteiger partial charge in [-0.3, -0.25) is 0 Å². The van der Waals surface area contributed by atoms with E-state index in [4.69, 9.17) is 49.0 Å². The molecule has 0 spiro atoms. The number of anilines is 2. The van der Waals surface area contributed by atoms with Crippen molar-refractivity contribution in [1.29, 1.82) is 0 Å². The molecule has 5 nitrogen and oxygen atoms in total. The molecule has 0 aliphatic carbocycles. The summed E-state index contributed by atoms with van der Waals surface area (Å²) in [5.41, 5.74) is 3.39. The van der Waals surface area contributed by atoms with Crippen LogP contribution < -0.4 is 19.7 Å². The maximum Gasteiger partial charge on any atom is 0.163 e. The first-order valence-corrected chi connectivity index (χ1v) is 12.5. The third-order valence-corrected chi connectivity index (χ3v) is 6.60. The number of hydrogen-bond donors (Lipinski definition) is 1. The molecule has 1 fully saturated rings. The minimum atomic E-state index is -0.398. The smallest absolute Gasteiger partial charge is 0.163 e. The van der Waals surface area contributed by atoms with Crippen LogP contribution in [0, 0.1) is 5.82 Å². The minimum absolute atomic E-state index is 0.154. The van der Waals surface area contributed by atoms with Crippen molar-refractivity contribution in [2.24, 2.45) is 0 Å². The second-order valence-electron chi connectivity index (χ2n) is 7.97. The lowest BCUT2D eigenvalue weighted by atomic mass is 10.1. The van der Waals surface area contributed by atoms with Gasteiger partial charge in [0, 0.05) is 42.0 Å². The number of rotatable bonds is 9. The fourth-order valence-corrected chi connectivity index (χ4v) is 4.51. The summed E-state index contributed by atoms with van der Waals surface area (Å²) >= 11 is 19.2. The molecule has 1 aliphatic rings. The largest absolute Gasteiger partial charge is 0.490 e. The minimum Gasteiger partial charge on any atom is -0.490 e. The average molecular weight is 540 g/mol. The van der Waals surface area contributed by atoms with Gasteiger partial charge in [0.2, 0.25) is 0 Å². The van der Waals surface area contributed by atoms with Crippen LogP contribution in [0.15, 0.2) is 48.5 Å². The summed E-state index contributed by atoms with van der Waals surface area (Å²) in [5, 5.41) is 4.88. The highest BCUT2D eigenvalue weighted by Crippen LogP contribution is 2.36. The molecule has 1 N–H and O–H groups in total. The zero-order valence-corrected chi connectivity index (χ0v) is 21.5. The van der Waals surface area contributed by atoms with Crippen LogP contribution in [0.5, 0.6) is 11.5 Å². The predicted molar refractivity (Wildman–Crippen MR) is 140 cm³/mol. The van der Waals surface area contributed by atoms with Gasteiger partial charge >= 0.3 is 0 Å². The Morgan fingerprint density at radius 1 is 0.886 bits per heavy atom. The van der Waals surface area contributed by atoms with E-state index in [2.05, 4.69) is 10.2 Å². The highest BCUT2D eigenvalue weighted by atomic mass is 35.5. The number of benzene rings is 3. The number of ether oxygens (including phenoxy) is 3. The van der Waals surface area contributed by atoms with Crippen LogP contribution in [-0.4, -0.2) is 32.9 Å². The second kappa shape index (κ2) is 12.0. The fourth-order valence-electron chi connectivity index (χ4n) is 3.76. The zero-order valence-electron chi connectivity index (χ0n) is 19.3. The predicted octanol–water partition coefficient (Wildman–Crippen LogP) is 7.21. The Morgan fingerprint density at radius 3 is 2.34 bits per heavy atom. The van der Waals surface area contributed by atoms with Gasteiger partial charge < -0.3 is 24.4 Å². The Labute approximate surface area is 219 Å². The summed E-state index contributed by atoms with van der Waals surface area (Å²) < 4.78 is 30.4. The van der Waals surface area contributed by atoms with Crippen LogP contribution in [0.1, 0.15) is 18.1 Å². The number of nitrogens with one attached hydrogen (secondary N) is 1. The molecule has 0 saturated carbocycles. The Hall–Kier alpha value is -2.38. The van der Waals surface area contributed by atoms with E-state index in [1.165, 1.54) is 12.1 Å². The van der Waals surface area contributed by atoms with E-state index in [0.29, 0.717) is 58.5 Å². The van der Waals surface area contributed by atoms with Crippen LogP contribution in [0.25, 0.3) is 0 Å². The molecule has 9 heteroatoms. The van der Waals surface area contributed by atoms with Crippen LogP contribution in [0.4, 0.5) is 15.8 Å². The Bertz CT molecular complexity index is 1170. The van der Waals surface area contributed by atoms with Crippen molar-refractivity contribution in [3.63, 3.8) is 0 Å². The van der Waals surface area contributed by atoms with Crippen molar-refractivity contribution in [3.05, 3.63) is 80.5 Å². The first kappa shape index (κ1) is 25.7. The lowest BCUT2D eigenvalue weighted by Gasteiger charge is -2.29. The van der Waals surface area contributed by atoms with Crippen LogP contribution in [0.2, 0.25) is 15.1 Å². The summed E-state index contributed by atoms with van der Waals surface area (Å²) in [6.45, 7) is 6.03. The summed E-state index contributed by atoms with van der Waals surface area (Å²) in [5.74, 6) is 0.650. The fraction of sp³-hybridized carbons (Fsp3) is 0.308. The first-order chi connectivity index (χ1) is 16.9. The van der Waals surface area contributed by atoms with Crippen molar-refractivity contribution < 1.29 is 18.6 Å². The van der Waals surface area contributed by atoms with Gasteiger partial charge in [0.15, 0.2) is 11.5 Å². The third kappa shape index (κ3) is 6.64. The van der Waals surface area contributed by atoms with Gasteiger partial charge in [0.1, 0.15) is 12.4 Å². The van der Waals surface area contributed by atoms with Gasteiger partial charge in [0.05, 0.1) is 35.6 Å². The molecular formula is C26H26Cl3FN2O3. The Balaban J connectivity index is 1.45. The maximum absolute atomic E-state index is 13.3. The van der Waals surface area contributed by atoms with E-state index >= 15 is 0 Å². The summed E-state index contributed by atoms with van der Waals surface area (Å²) in [7, 11) is 0. The SMILES string of the molecule is CCOc1cc(CNc2ccc(N3CCOCC3)c(Cl)c2)c(Cl)cc1OCc1ccc(F)cc1Cl. The summed E-state index contributed by atoms with van der Waals surface area (Å²) in [6.07, 6.45) is 0. The number of hydrogen-bond acceptors (Lipinski definition) is 5. The molecule has 0 bridgehead atoms. The molecule has 1 aliphatic heterocycles. The number of nitrogens with zero attached hydrogens (tertiary/aromatic N) is 1. The van der Waals surface area contributed by atoms with Gasteiger partial charge in [-0.2, -0.15) is 0 Å². The molecule has 4 rings (SSSR count). The first-order valence-electron chi connectivity index (χ1n) is 11.3. The highest BCUT2D eigenvalue weighted by molar-refractivity contribution is 6.33. The number of morpholine rings is 1. The molecule has 0 aromatic heterocycles. The van der Waals surface area contributed by atoms with Crippen LogP contribution >= 0.6 is 34.8 Å². The lowest BCUT2D eigenvalue weighted by molar-refractivity contribution is 0.122. The number of halogens is 4. The lowest BCUT2D eigenvalue weighted by Crippen LogP contribution is -2.36. The molecule has 186 valence electrons. The van der Waals surface area contributed by atoms with Crippen LogP contribution in [-0.2, 0) is 17.9 Å². The van der Waals surface area contributed by atoms with Crippen molar-refractivity contribution >= 4 is 46.2 Å². The summed E-state index contributed by atoms with van der Waals surface area (Å²) in [4.78, 5) is 2.22. The van der Waals surface area contributed by atoms with Crippen molar-refractivity contribution in [3.8, 4) is 11.5 Å². The maximum atomic E-state index is 13.3. The van der Waals surface area contributed by atoms with E-state index in [0.717, 1.165) is 30.0 Å². The Morgan fingerprint density at radius 2 is 1.63 bits per heavy atom. The molecule has 35 heavy (non-hydrogen) atoms. The van der Waals surface area contributed by atoms with Gasteiger partial charge in [-0.15, -0.1) is 0 Å². The van der Waals surface area contributed by atoms with E-state index in [-0.39, 0.29) is 6.61 Å². The van der Waals surface area contributed by atoms with Crippen LogP contribution in [0.3, 0.4) is 0 Å². The quantitative estimate of drug-likeness (QED) is 0.311. The topological polar surface area (TPSA) is 43.0 Å². The van der Waals surface area contributed by atoms with Gasteiger partial charge in [-0.1, -0.05) is 40.9 Å². The molecule has 0 unspecified atom stereocenters. The second-order valence-corrected chi connectivity index (χ2v) is 9.19. The molecule has 1 saturated heterocycles. The molecule has 0 amide bonds. The molecule has 3 aromatic rings. The van der Waals surface area contributed by atoms with Gasteiger partial charge in [-0.25, -0.2) is 4.39 Å². The molecule has 3 aromatic carbocycles. The standard InChI is InChI=1S/C26H26Cl3FN2O3/c1-2-34-25-11-18(22(28)14-26(25)35-16-17-3-4-19(30)12-21(17)27)15-31-20-5-6-24(23(29)13-20)32-7-9-33-10-8-32/h3-6,11-14,31H,2,7-10,15-16H2,1H3. The van der Waals surface area contributed by atoms with E-state index in [1.54, 1.807) is 12.1 Å². The highest BCUT2D eigenvalue weighted by Gasteiger charge is 2.16. The molecule has 1 heterocycles.